The molecular formula is C28H30N2O8. The summed E-state index contributed by atoms with van der Waals surface area (Å²) in [5.41, 5.74) is 1.33. The van der Waals surface area contributed by atoms with Gasteiger partial charge in [0.1, 0.15) is 22.6 Å². The number of para-hydroxylation sites is 2. The van der Waals surface area contributed by atoms with Crippen molar-refractivity contribution in [3.05, 3.63) is 89.7 Å². The highest BCUT2D eigenvalue weighted by molar-refractivity contribution is 5.98. The number of likely N-dealkylation sites (tertiary alicyclic amines) is 1. The van der Waals surface area contributed by atoms with Crippen LogP contribution in [0, 0.1) is 0 Å². The number of nitrogens with zero attached hydrogens (tertiary/aromatic N) is 2. The molecular weight excluding hydrogens is 492 g/mol. The van der Waals surface area contributed by atoms with Crippen molar-refractivity contribution in [1.29, 1.82) is 0 Å². The zero-order valence-electron chi connectivity index (χ0n) is 21.4. The number of hydrogen-bond donors (Lipinski definition) is 2. The van der Waals surface area contributed by atoms with Gasteiger partial charge in [-0.1, -0.05) is 30.3 Å². The van der Waals surface area contributed by atoms with Gasteiger partial charge in [0.15, 0.2) is 0 Å². The molecule has 1 aliphatic heterocycles. The van der Waals surface area contributed by atoms with Gasteiger partial charge in [0, 0.05) is 32.3 Å². The van der Waals surface area contributed by atoms with Crippen LogP contribution in [0.1, 0.15) is 59.0 Å². The van der Waals surface area contributed by atoms with E-state index in [1.807, 2.05) is 18.5 Å². The molecule has 0 radical (unpaired) electrons. The van der Waals surface area contributed by atoms with Crippen LogP contribution in [0.25, 0.3) is 0 Å². The minimum atomic E-state index is -1.11. The Morgan fingerprint density at radius 2 is 1.58 bits per heavy atom. The molecule has 0 saturated carbocycles. The zero-order chi connectivity index (χ0) is 28.1. The predicted molar refractivity (Wildman–Crippen MR) is 138 cm³/mol. The fourth-order valence-electron chi connectivity index (χ4n) is 3.62. The SMILES string of the molecule is CC(=O)OC(=O)c1ccccc1O.CC(=O)Oc1ccccc1C(=O)O.CN1CCCC1c1cccnc1. The minimum absolute atomic E-state index is 0.0160. The summed E-state index contributed by atoms with van der Waals surface area (Å²) in [4.78, 5) is 49.2. The van der Waals surface area contributed by atoms with E-state index < -0.39 is 23.9 Å². The lowest BCUT2D eigenvalue weighted by Crippen LogP contribution is -2.17. The first-order chi connectivity index (χ1) is 18.1. The van der Waals surface area contributed by atoms with Crippen molar-refractivity contribution in [3.8, 4) is 11.5 Å². The number of pyridine rings is 1. The number of benzene rings is 2. The molecule has 1 aromatic heterocycles. The van der Waals surface area contributed by atoms with Crippen LogP contribution in [-0.2, 0) is 14.3 Å². The number of aromatic carboxylic acids is 1. The van der Waals surface area contributed by atoms with Gasteiger partial charge >= 0.3 is 23.9 Å². The summed E-state index contributed by atoms with van der Waals surface area (Å²) < 4.78 is 8.97. The van der Waals surface area contributed by atoms with E-state index in [1.165, 1.54) is 56.1 Å². The van der Waals surface area contributed by atoms with E-state index in [0.717, 1.165) is 6.92 Å². The number of ether oxygens (including phenoxy) is 2. The van der Waals surface area contributed by atoms with Crippen LogP contribution in [0.5, 0.6) is 11.5 Å². The number of aromatic nitrogens is 1. The van der Waals surface area contributed by atoms with Crippen molar-refractivity contribution in [2.45, 2.75) is 32.7 Å². The largest absolute Gasteiger partial charge is 0.507 e. The maximum Gasteiger partial charge on any atom is 0.349 e. The van der Waals surface area contributed by atoms with Crippen molar-refractivity contribution in [3.63, 3.8) is 0 Å². The number of phenols is 1. The first-order valence-corrected chi connectivity index (χ1v) is 11.7. The molecule has 0 spiro atoms. The van der Waals surface area contributed by atoms with Gasteiger partial charge in [-0.3, -0.25) is 19.5 Å². The van der Waals surface area contributed by atoms with Crippen LogP contribution in [-0.4, -0.2) is 57.6 Å². The van der Waals surface area contributed by atoms with Gasteiger partial charge < -0.3 is 19.7 Å². The average molecular weight is 523 g/mol. The van der Waals surface area contributed by atoms with Crippen LogP contribution < -0.4 is 4.74 Å². The number of esters is 3. The number of carboxylic acid groups (broad SMARTS) is 1. The van der Waals surface area contributed by atoms with Gasteiger partial charge in [-0.05, 0) is 62.3 Å². The third-order valence-corrected chi connectivity index (χ3v) is 5.32. The van der Waals surface area contributed by atoms with E-state index in [9.17, 15) is 24.3 Å². The Labute approximate surface area is 220 Å². The number of rotatable bonds is 4. The fourth-order valence-corrected chi connectivity index (χ4v) is 3.62. The summed E-state index contributed by atoms with van der Waals surface area (Å²) in [6, 6.07) is 16.6. The highest BCUT2D eigenvalue weighted by atomic mass is 16.6. The van der Waals surface area contributed by atoms with E-state index in [2.05, 4.69) is 32.5 Å². The Kier molecular flexibility index (Phi) is 11.6. The van der Waals surface area contributed by atoms with Crippen LogP contribution >= 0.6 is 0 Å². The molecule has 0 amide bonds. The van der Waals surface area contributed by atoms with Crippen molar-refractivity contribution < 1.29 is 38.9 Å². The Balaban J connectivity index is 0.000000200. The smallest absolute Gasteiger partial charge is 0.349 e. The highest BCUT2D eigenvalue weighted by Gasteiger charge is 2.22. The molecule has 1 unspecified atom stereocenters. The molecule has 38 heavy (non-hydrogen) atoms. The van der Waals surface area contributed by atoms with E-state index >= 15 is 0 Å². The van der Waals surface area contributed by atoms with Crippen molar-refractivity contribution in [2.75, 3.05) is 13.6 Å². The molecule has 1 saturated heterocycles. The maximum absolute atomic E-state index is 11.1. The first kappa shape index (κ1) is 29.7. The summed E-state index contributed by atoms with van der Waals surface area (Å²) >= 11 is 0. The van der Waals surface area contributed by atoms with Gasteiger partial charge in [0.2, 0.25) is 0 Å². The van der Waals surface area contributed by atoms with Gasteiger partial charge in [-0.25, -0.2) is 9.59 Å². The summed E-state index contributed by atoms with van der Waals surface area (Å²) in [6.45, 7) is 3.57. The van der Waals surface area contributed by atoms with E-state index in [1.54, 1.807) is 24.3 Å². The Hall–Kier alpha value is -4.57. The summed E-state index contributed by atoms with van der Waals surface area (Å²) in [6.07, 6.45) is 6.41. The number of carboxylic acids is 1. The fraction of sp³-hybridized carbons (Fsp3) is 0.250. The molecule has 10 nitrogen and oxygen atoms in total. The number of carbonyl (C=O) groups is 4. The lowest BCUT2D eigenvalue weighted by Gasteiger charge is -2.18. The van der Waals surface area contributed by atoms with Crippen molar-refractivity contribution >= 4 is 23.9 Å². The van der Waals surface area contributed by atoms with E-state index in [-0.39, 0.29) is 22.6 Å². The molecule has 0 bridgehead atoms. The highest BCUT2D eigenvalue weighted by Crippen LogP contribution is 2.29. The second kappa shape index (κ2) is 14.9. The Bertz CT molecular complexity index is 1250. The number of phenolic OH excluding ortho intramolecular Hbond substituents is 1. The minimum Gasteiger partial charge on any atom is -0.507 e. The zero-order valence-corrected chi connectivity index (χ0v) is 21.4. The van der Waals surface area contributed by atoms with Crippen LogP contribution in [0.4, 0.5) is 0 Å². The first-order valence-electron chi connectivity index (χ1n) is 11.7. The molecule has 10 heteroatoms. The Morgan fingerprint density at radius 1 is 0.921 bits per heavy atom. The molecule has 2 aromatic carbocycles. The average Bonchev–Trinajstić information content (AvgIpc) is 3.31. The molecule has 1 aliphatic rings. The summed E-state index contributed by atoms with van der Waals surface area (Å²) in [5, 5.41) is 17.9. The molecule has 200 valence electrons. The lowest BCUT2D eigenvalue weighted by molar-refractivity contribution is -0.135. The molecule has 3 aromatic rings. The van der Waals surface area contributed by atoms with Crippen molar-refractivity contribution in [1.82, 2.24) is 9.88 Å². The van der Waals surface area contributed by atoms with Gasteiger partial charge in [-0.15, -0.1) is 0 Å². The van der Waals surface area contributed by atoms with E-state index in [4.69, 9.17) is 5.11 Å². The second-order valence-electron chi connectivity index (χ2n) is 8.22. The monoisotopic (exact) mass is 522 g/mol. The molecule has 4 rings (SSSR count). The van der Waals surface area contributed by atoms with Crippen LogP contribution in [0.15, 0.2) is 73.1 Å². The molecule has 0 aliphatic carbocycles. The number of hydrogen-bond acceptors (Lipinski definition) is 9. The third kappa shape index (κ3) is 9.47. The summed E-state index contributed by atoms with van der Waals surface area (Å²) in [7, 11) is 2.19. The molecule has 1 fully saturated rings. The van der Waals surface area contributed by atoms with Crippen molar-refractivity contribution in [2.24, 2.45) is 0 Å². The molecule has 1 atom stereocenters. The molecule has 2 heterocycles. The van der Waals surface area contributed by atoms with E-state index in [0.29, 0.717) is 6.04 Å². The topological polar surface area (TPSA) is 143 Å². The molecule has 2 N–H and O–H groups in total. The Morgan fingerprint density at radius 3 is 2.11 bits per heavy atom. The van der Waals surface area contributed by atoms with Gasteiger partial charge in [-0.2, -0.15) is 0 Å². The van der Waals surface area contributed by atoms with Gasteiger partial charge in [0.05, 0.1) is 0 Å². The summed E-state index contributed by atoms with van der Waals surface area (Å²) in [5.74, 6) is -3.32. The van der Waals surface area contributed by atoms with Crippen LogP contribution in [0.3, 0.4) is 0 Å². The van der Waals surface area contributed by atoms with Crippen LogP contribution in [0.2, 0.25) is 0 Å². The number of aromatic hydroxyl groups is 1. The lowest BCUT2D eigenvalue weighted by atomic mass is 10.1. The van der Waals surface area contributed by atoms with Gasteiger partial charge in [0.25, 0.3) is 0 Å². The normalized spacial score (nSPS) is 14.1. The standard InChI is InChI=1S/C10H14N2.2C9H8O4/c1-12-7-3-5-10(12)9-4-2-6-11-8-9;1-6(10)13-8-5-3-2-4-7(8)9(11)12;1-6(10)13-9(12)7-4-2-3-5-8(7)11/h2,4,6,8,10H,3,5,7H2,1H3;2-5H,1H3,(H,11,12);2-5,11H,1H3. The predicted octanol–water partition coefficient (Wildman–Crippen LogP) is 4.25. The quantitative estimate of drug-likeness (QED) is 0.290. The maximum atomic E-state index is 11.1. The number of carbonyl (C=O) groups excluding carboxylic acids is 3. The third-order valence-electron chi connectivity index (χ3n) is 5.32. The second-order valence-corrected chi connectivity index (χ2v) is 8.22.